The molecule has 2 unspecified atom stereocenters. The van der Waals surface area contributed by atoms with Crippen molar-refractivity contribution < 1.29 is 0 Å². The lowest BCUT2D eigenvalue weighted by Crippen LogP contribution is -2.30. The Hall–Kier alpha value is -0.340. The molecule has 2 atom stereocenters. The fraction of sp³-hybridized carbons (Fsp3) is 0.667. The molecular formula is C12H19NS. The molecule has 1 aliphatic rings. The van der Waals surface area contributed by atoms with E-state index in [0.717, 1.165) is 18.5 Å². The Morgan fingerprint density at radius 1 is 1.50 bits per heavy atom. The van der Waals surface area contributed by atoms with E-state index in [1.54, 1.807) is 0 Å². The average molecular weight is 209 g/mol. The molecule has 1 fully saturated rings. The highest BCUT2D eigenvalue weighted by Gasteiger charge is 2.22. The van der Waals surface area contributed by atoms with Gasteiger partial charge in [-0.15, -0.1) is 11.3 Å². The third kappa shape index (κ3) is 2.37. The minimum Gasteiger partial charge on any atom is -0.310 e. The van der Waals surface area contributed by atoms with Crippen LogP contribution in [0.4, 0.5) is 0 Å². The zero-order chi connectivity index (χ0) is 9.97. The van der Waals surface area contributed by atoms with Crippen molar-refractivity contribution in [1.29, 1.82) is 0 Å². The molecule has 0 bridgehead atoms. The highest BCUT2D eigenvalue weighted by Crippen LogP contribution is 2.25. The number of thiophene rings is 1. The molecule has 0 aromatic carbocycles. The van der Waals surface area contributed by atoms with Crippen LogP contribution in [0.3, 0.4) is 0 Å². The Labute approximate surface area is 90.5 Å². The standard InChI is InChI=1S/C12H19NS/c1-9-4-3-5-12(9)13-7-11-6-10(2)14-8-11/h6,8-9,12-13H,3-5,7H2,1-2H3. The molecule has 0 radical (unpaired) electrons. The molecule has 78 valence electrons. The second-order valence-corrected chi connectivity index (χ2v) is 5.58. The maximum Gasteiger partial charge on any atom is 0.0216 e. The van der Waals surface area contributed by atoms with Crippen LogP contribution in [-0.2, 0) is 6.54 Å². The lowest BCUT2D eigenvalue weighted by molar-refractivity contribution is 0.426. The van der Waals surface area contributed by atoms with E-state index in [0.29, 0.717) is 0 Å². The molecule has 1 N–H and O–H groups in total. The quantitative estimate of drug-likeness (QED) is 0.805. The Morgan fingerprint density at radius 2 is 2.36 bits per heavy atom. The molecule has 1 aliphatic carbocycles. The van der Waals surface area contributed by atoms with Crippen LogP contribution >= 0.6 is 11.3 Å². The number of aryl methyl sites for hydroxylation is 1. The van der Waals surface area contributed by atoms with Crippen molar-refractivity contribution >= 4 is 11.3 Å². The zero-order valence-corrected chi connectivity index (χ0v) is 9.86. The molecule has 14 heavy (non-hydrogen) atoms. The van der Waals surface area contributed by atoms with Crippen LogP contribution in [0.1, 0.15) is 36.6 Å². The minimum atomic E-state index is 0.759. The summed E-state index contributed by atoms with van der Waals surface area (Å²) in [5.41, 5.74) is 1.45. The Morgan fingerprint density at radius 3 is 2.93 bits per heavy atom. The van der Waals surface area contributed by atoms with Crippen molar-refractivity contribution in [2.75, 3.05) is 0 Å². The summed E-state index contributed by atoms with van der Waals surface area (Å²) in [5, 5.41) is 5.93. The first kappa shape index (κ1) is 10.2. The van der Waals surface area contributed by atoms with Gasteiger partial charge in [-0.05, 0) is 42.7 Å². The molecule has 0 saturated heterocycles. The summed E-state index contributed by atoms with van der Waals surface area (Å²) in [6, 6.07) is 3.05. The summed E-state index contributed by atoms with van der Waals surface area (Å²) < 4.78 is 0. The monoisotopic (exact) mass is 209 g/mol. The number of nitrogens with one attached hydrogen (secondary N) is 1. The van der Waals surface area contributed by atoms with Crippen molar-refractivity contribution in [3.63, 3.8) is 0 Å². The maximum atomic E-state index is 3.67. The van der Waals surface area contributed by atoms with E-state index in [1.807, 2.05) is 11.3 Å². The third-order valence-electron chi connectivity index (χ3n) is 3.21. The van der Waals surface area contributed by atoms with Crippen molar-refractivity contribution in [3.05, 3.63) is 21.9 Å². The summed E-state index contributed by atoms with van der Waals surface area (Å²) in [4.78, 5) is 1.42. The van der Waals surface area contributed by atoms with Crippen LogP contribution < -0.4 is 5.32 Å². The van der Waals surface area contributed by atoms with Gasteiger partial charge < -0.3 is 5.32 Å². The van der Waals surface area contributed by atoms with Crippen molar-refractivity contribution in [2.24, 2.45) is 5.92 Å². The van der Waals surface area contributed by atoms with Crippen molar-refractivity contribution in [2.45, 2.75) is 45.7 Å². The average Bonchev–Trinajstić information content (AvgIpc) is 2.72. The molecular weight excluding hydrogens is 190 g/mol. The highest BCUT2D eigenvalue weighted by molar-refractivity contribution is 7.10. The summed E-state index contributed by atoms with van der Waals surface area (Å²) in [6.45, 7) is 5.59. The predicted octanol–water partition coefficient (Wildman–Crippen LogP) is 3.33. The van der Waals surface area contributed by atoms with Gasteiger partial charge >= 0.3 is 0 Å². The molecule has 1 heterocycles. The molecule has 0 amide bonds. The Kier molecular flexibility index (Phi) is 3.24. The van der Waals surface area contributed by atoms with Gasteiger partial charge in [0.05, 0.1) is 0 Å². The van der Waals surface area contributed by atoms with Gasteiger partial charge in [-0.25, -0.2) is 0 Å². The van der Waals surface area contributed by atoms with Crippen LogP contribution in [0.2, 0.25) is 0 Å². The number of rotatable bonds is 3. The fourth-order valence-electron chi connectivity index (χ4n) is 2.29. The highest BCUT2D eigenvalue weighted by atomic mass is 32.1. The lowest BCUT2D eigenvalue weighted by atomic mass is 10.1. The molecule has 0 aliphatic heterocycles. The van der Waals surface area contributed by atoms with Gasteiger partial charge in [0.2, 0.25) is 0 Å². The topological polar surface area (TPSA) is 12.0 Å². The van der Waals surface area contributed by atoms with Gasteiger partial charge in [0.25, 0.3) is 0 Å². The largest absolute Gasteiger partial charge is 0.310 e. The SMILES string of the molecule is Cc1cc(CNC2CCCC2C)cs1. The normalized spacial score (nSPS) is 27.0. The van der Waals surface area contributed by atoms with Gasteiger partial charge in [-0.2, -0.15) is 0 Å². The summed E-state index contributed by atoms with van der Waals surface area (Å²) in [7, 11) is 0. The summed E-state index contributed by atoms with van der Waals surface area (Å²) in [6.07, 6.45) is 4.17. The van der Waals surface area contributed by atoms with Gasteiger partial charge in [-0.1, -0.05) is 13.3 Å². The summed E-state index contributed by atoms with van der Waals surface area (Å²) >= 11 is 1.85. The molecule has 2 rings (SSSR count). The van der Waals surface area contributed by atoms with E-state index in [-0.39, 0.29) is 0 Å². The van der Waals surface area contributed by atoms with Crippen LogP contribution in [-0.4, -0.2) is 6.04 Å². The first-order chi connectivity index (χ1) is 6.75. The van der Waals surface area contributed by atoms with Gasteiger partial charge in [-0.3, -0.25) is 0 Å². The second kappa shape index (κ2) is 4.45. The Bertz CT molecular complexity index is 292. The van der Waals surface area contributed by atoms with Crippen LogP contribution in [0.25, 0.3) is 0 Å². The van der Waals surface area contributed by atoms with E-state index >= 15 is 0 Å². The first-order valence-electron chi connectivity index (χ1n) is 5.53. The lowest BCUT2D eigenvalue weighted by Gasteiger charge is -2.16. The molecule has 1 nitrogen and oxygen atoms in total. The molecule has 2 heteroatoms. The van der Waals surface area contributed by atoms with E-state index < -0.39 is 0 Å². The Balaban J connectivity index is 1.82. The van der Waals surface area contributed by atoms with E-state index in [9.17, 15) is 0 Å². The van der Waals surface area contributed by atoms with Crippen molar-refractivity contribution in [3.8, 4) is 0 Å². The third-order valence-corrected chi connectivity index (χ3v) is 4.12. The van der Waals surface area contributed by atoms with E-state index in [1.165, 1.54) is 29.7 Å². The van der Waals surface area contributed by atoms with Gasteiger partial charge in [0.1, 0.15) is 0 Å². The second-order valence-electron chi connectivity index (χ2n) is 4.46. The number of hydrogen-bond acceptors (Lipinski definition) is 2. The van der Waals surface area contributed by atoms with Crippen LogP contribution in [0.5, 0.6) is 0 Å². The van der Waals surface area contributed by atoms with Crippen LogP contribution in [0.15, 0.2) is 11.4 Å². The smallest absolute Gasteiger partial charge is 0.0216 e. The van der Waals surface area contributed by atoms with Gasteiger partial charge in [0.15, 0.2) is 0 Å². The van der Waals surface area contributed by atoms with Gasteiger partial charge in [0, 0.05) is 17.5 Å². The number of hydrogen-bond donors (Lipinski definition) is 1. The molecule has 1 aromatic heterocycles. The minimum absolute atomic E-state index is 0.759. The van der Waals surface area contributed by atoms with E-state index in [4.69, 9.17) is 0 Å². The maximum absolute atomic E-state index is 3.67. The first-order valence-corrected chi connectivity index (χ1v) is 6.41. The van der Waals surface area contributed by atoms with E-state index in [2.05, 4.69) is 30.6 Å². The fourth-order valence-corrected chi connectivity index (χ4v) is 3.00. The van der Waals surface area contributed by atoms with Crippen LogP contribution in [0, 0.1) is 12.8 Å². The molecule has 1 aromatic rings. The molecule has 0 spiro atoms. The van der Waals surface area contributed by atoms with Crippen molar-refractivity contribution in [1.82, 2.24) is 5.32 Å². The summed E-state index contributed by atoms with van der Waals surface area (Å²) in [5.74, 6) is 0.870. The zero-order valence-electron chi connectivity index (χ0n) is 9.05. The molecule has 1 saturated carbocycles. The predicted molar refractivity (Wildman–Crippen MR) is 62.7 cm³/mol.